The van der Waals surface area contributed by atoms with Crippen molar-refractivity contribution < 1.29 is 4.84 Å². The Morgan fingerprint density at radius 1 is 1.32 bits per heavy atom. The van der Waals surface area contributed by atoms with Crippen LogP contribution in [0, 0.1) is 0 Å². The number of nitrogens with zero attached hydrogens (tertiary/aromatic N) is 3. The van der Waals surface area contributed by atoms with Crippen molar-refractivity contribution in [2.75, 3.05) is 31.1 Å². The molecule has 22 heavy (non-hydrogen) atoms. The fraction of sp³-hybridized carbons (Fsp3) is 0.333. The summed E-state index contributed by atoms with van der Waals surface area (Å²) >= 11 is 1.51. The van der Waals surface area contributed by atoms with Gasteiger partial charge in [0.2, 0.25) is 0 Å². The second-order valence-corrected chi connectivity index (χ2v) is 5.99. The first kappa shape index (κ1) is 14.9. The molecule has 0 aliphatic carbocycles. The Morgan fingerprint density at radius 3 is 2.91 bits per heavy atom. The van der Waals surface area contributed by atoms with Gasteiger partial charge >= 0.3 is 0 Å². The molecule has 7 heteroatoms. The number of thioether (sulfide) groups is 1. The molecule has 0 atom stereocenters. The molecule has 0 spiro atoms. The number of hydrogen-bond acceptors (Lipinski definition) is 7. The maximum absolute atomic E-state index is 5.91. The predicted molar refractivity (Wildman–Crippen MR) is 89.0 cm³/mol. The van der Waals surface area contributed by atoms with Crippen molar-refractivity contribution in [3.8, 4) is 5.88 Å². The Labute approximate surface area is 134 Å². The fourth-order valence-corrected chi connectivity index (χ4v) is 2.75. The van der Waals surface area contributed by atoms with E-state index in [4.69, 9.17) is 10.6 Å². The number of nitrogen functional groups attached to an aromatic ring is 1. The van der Waals surface area contributed by atoms with E-state index in [2.05, 4.69) is 27.4 Å². The summed E-state index contributed by atoms with van der Waals surface area (Å²) in [7, 11) is 2.09. The number of aromatic nitrogens is 2. The molecule has 0 bridgehead atoms. The Bertz CT molecular complexity index is 679. The zero-order chi connectivity index (χ0) is 15.5. The molecule has 2 aromatic rings. The van der Waals surface area contributed by atoms with E-state index in [-0.39, 0.29) is 0 Å². The summed E-state index contributed by atoms with van der Waals surface area (Å²) in [5, 5.41) is 0.715. The lowest BCUT2D eigenvalue weighted by atomic mass is 10.1. The van der Waals surface area contributed by atoms with Crippen molar-refractivity contribution >= 4 is 23.1 Å². The van der Waals surface area contributed by atoms with E-state index < -0.39 is 0 Å². The minimum absolute atomic E-state index is 0.589. The van der Waals surface area contributed by atoms with E-state index in [1.165, 1.54) is 11.8 Å². The van der Waals surface area contributed by atoms with Crippen LogP contribution in [0.15, 0.2) is 29.4 Å². The molecule has 116 valence electrons. The van der Waals surface area contributed by atoms with Gasteiger partial charge in [-0.2, -0.15) is 4.98 Å². The van der Waals surface area contributed by atoms with Crippen LogP contribution in [0.2, 0.25) is 0 Å². The van der Waals surface area contributed by atoms with Crippen LogP contribution in [0.5, 0.6) is 5.88 Å². The van der Waals surface area contributed by atoms with Crippen LogP contribution in [0.4, 0.5) is 11.4 Å². The van der Waals surface area contributed by atoms with Gasteiger partial charge < -0.3 is 15.5 Å². The van der Waals surface area contributed by atoms with Crippen LogP contribution in [0.25, 0.3) is 0 Å². The molecule has 3 N–H and O–H groups in total. The molecule has 0 fully saturated rings. The Hall–Kier alpha value is -1.99. The number of nitrogens with one attached hydrogen (secondary N) is 1. The second kappa shape index (κ2) is 6.41. The van der Waals surface area contributed by atoms with Gasteiger partial charge in [0.1, 0.15) is 0 Å². The minimum Gasteiger partial charge on any atom is -0.397 e. The van der Waals surface area contributed by atoms with Crippen molar-refractivity contribution in [3.63, 3.8) is 0 Å². The molecule has 0 amide bonds. The van der Waals surface area contributed by atoms with Crippen LogP contribution in [-0.4, -0.2) is 34.7 Å². The zero-order valence-electron chi connectivity index (χ0n) is 12.7. The summed E-state index contributed by atoms with van der Waals surface area (Å²) in [4.78, 5) is 17.1. The molecule has 2 heterocycles. The Kier molecular flexibility index (Phi) is 4.35. The van der Waals surface area contributed by atoms with Crippen LogP contribution < -0.4 is 16.1 Å². The lowest BCUT2D eigenvalue weighted by Gasteiger charge is -2.25. The summed E-state index contributed by atoms with van der Waals surface area (Å²) in [5.74, 6) is 0.589. The lowest BCUT2D eigenvalue weighted by Crippen LogP contribution is -2.28. The SMILES string of the molecule is CSc1nc2c(c(ONc3ccccc3N)n1)CCN(C)C2. The van der Waals surface area contributed by atoms with Gasteiger partial charge in [0.05, 0.1) is 17.1 Å². The highest BCUT2D eigenvalue weighted by molar-refractivity contribution is 7.98. The first-order valence-electron chi connectivity index (χ1n) is 7.07. The normalized spacial score (nSPS) is 14.5. The van der Waals surface area contributed by atoms with E-state index in [9.17, 15) is 0 Å². The topological polar surface area (TPSA) is 76.3 Å². The number of nitrogens with two attached hydrogens (primary N) is 1. The van der Waals surface area contributed by atoms with Gasteiger partial charge in [0.25, 0.3) is 5.88 Å². The molecular formula is C15H19N5OS. The molecule has 6 nitrogen and oxygen atoms in total. The second-order valence-electron chi connectivity index (χ2n) is 5.22. The average Bonchev–Trinajstić information content (AvgIpc) is 2.53. The first-order valence-corrected chi connectivity index (χ1v) is 8.29. The van der Waals surface area contributed by atoms with Gasteiger partial charge in [-0.3, -0.25) is 0 Å². The van der Waals surface area contributed by atoms with Crippen LogP contribution in [0.3, 0.4) is 0 Å². The Morgan fingerprint density at radius 2 is 2.14 bits per heavy atom. The van der Waals surface area contributed by atoms with E-state index >= 15 is 0 Å². The highest BCUT2D eigenvalue weighted by Crippen LogP contribution is 2.28. The summed E-state index contributed by atoms with van der Waals surface area (Å²) in [6, 6.07) is 7.48. The number of anilines is 2. The molecular weight excluding hydrogens is 298 g/mol. The number of likely N-dealkylation sites (N-methyl/N-ethyl adjacent to an activating group) is 1. The van der Waals surface area contributed by atoms with E-state index in [0.717, 1.165) is 36.5 Å². The number of rotatable bonds is 4. The van der Waals surface area contributed by atoms with Crippen molar-refractivity contribution in [1.29, 1.82) is 0 Å². The monoisotopic (exact) mass is 317 g/mol. The van der Waals surface area contributed by atoms with Crippen molar-refractivity contribution in [2.45, 2.75) is 18.1 Å². The number of benzene rings is 1. The summed E-state index contributed by atoms with van der Waals surface area (Å²) in [6.45, 7) is 1.79. The highest BCUT2D eigenvalue weighted by atomic mass is 32.2. The van der Waals surface area contributed by atoms with Gasteiger partial charge in [-0.15, -0.1) is 0 Å². The van der Waals surface area contributed by atoms with Gasteiger partial charge in [-0.25, -0.2) is 10.5 Å². The lowest BCUT2D eigenvalue weighted by molar-refractivity contribution is 0.294. The van der Waals surface area contributed by atoms with Gasteiger partial charge in [-0.1, -0.05) is 23.9 Å². The summed E-state index contributed by atoms with van der Waals surface area (Å²) in [5.41, 5.74) is 12.3. The van der Waals surface area contributed by atoms with Crippen LogP contribution in [0.1, 0.15) is 11.3 Å². The molecule has 1 aliphatic heterocycles. The molecule has 1 aliphatic rings. The highest BCUT2D eigenvalue weighted by Gasteiger charge is 2.21. The standard InChI is InChI=1S/C15H19N5OS/c1-20-8-7-10-13(9-20)17-15(22-2)18-14(10)21-19-12-6-4-3-5-11(12)16/h3-6,19H,7-9,16H2,1-2H3. The van der Waals surface area contributed by atoms with E-state index in [1.807, 2.05) is 30.5 Å². The maximum atomic E-state index is 5.91. The van der Waals surface area contributed by atoms with Crippen LogP contribution in [-0.2, 0) is 13.0 Å². The third-order valence-corrected chi connectivity index (χ3v) is 4.15. The molecule has 0 unspecified atom stereocenters. The van der Waals surface area contributed by atoms with Crippen LogP contribution >= 0.6 is 11.8 Å². The minimum atomic E-state index is 0.589. The van der Waals surface area contributed by atoms with Crippen molar-refractivity contribution in [3.05, 3.63) is 35.5 Å². The quantitative estimate of drug-likeness (QED) is 0.387. The van der Waals surface area contributed by atoms with Crippen molar-refractivity contribution in [2.24, 2.45) is 0 Å². The smallest absolute Gasteiger partial charge is 0.253 e. The van der Waals surface area contributed by atoms with E-state index in [0.29, 0.717) is 16.7 Å². The Balaban J connectivity index is 1.86. The summed E-state index contributed by atoms with van der Waals surface area (Å²) in [6.07, 6.45) is 2.84. The predicted octanol–water partition coefficient (Wildman–Crippen LogP) is 2.17. The molecule has 0 saturated carbocycles. The zero-order valence-corrected chi connectivity index (χ0v) is 13.5. The number of hydrogen-bond donors (Lipinski definition) is 2. The number of fused-ring (bicyclic) bond motifs is 1. The molecule has 1 aromatic heterocycles. The third kappa shape index (κ3) is 3.10. The van der Waals surface area contributed by atoms with Gasteiger partial charge in [0.15, 0.2) is 5.16 Å². The maximum Gasteiger partial charge on any atom is 0.253 e. The van der Waals surface area contributed by atoms with Crippen molar-refractivity contribution in [1.82, 2.24) is 14.9 Å². The summed E-state index contributed by atoms with van der Waals surface area (Å²) < 4.78 is 0. The average molecular weight is 317 g/mol. The molecule has 3 rings (SSSR count). The number of para-hydroxylation sites is 2. The first-order chi connectivity index (χ1) is 10.7. The van der Waals surface area contributed by atoms with Gasteiger partial charge in [0, 0.05) is 18.7 Å². The van der Waals surface area contributed by atoms with E-state index in [1.54, 1.807) is 0 Å². The molecule has 1 aromatic carbocycles. The largest absolute Gasteiger partial charge is 0.397 e. The molecule has 0 radical (unpaired) electrons. The fourth-order valence-electron chi connectivity index (χ4n) is 2.37. The third-order valence-electron chi connectivity index (χ3n) is 3.60. The molecule has 0 saturated heterocycles. The van der Waals surface area contributed by atoms with Gasteiger partial charge in [-0.05, 0) is 31.9 Å².